The molecule has 8 heteroatoms. The summed E-state index contributed by atoms with van der Waals surface area (Å²) < 4.78 is 19.7. The molecule has 4 rings (SSSR count). The van der Waals surface area contributed by atoms with Gasteiger partial charge in [0.1, 0.15) is 24.6 Å². The zero-order valence-corrected chi connectivity index (χ0v) is 16.5. The second-order valence-corrected chi connectivity index (χ2v) is 7.93. The Morgan fingerprint density at radius 1 is 1.24 bits per heavy atom. The van der Waals surface area contributed by atoms with Gasteiger partial charge in [0.15, 0.2) is 0 Å². The average molecular weight is 403 g/mol. The van der Waals surface area contributed by atoms with E-state index in [1.807, 2.05) is 6.07 Å². The van der Waals surface area contributed by atoms with E-state index < -0.39 is 18.1 Å². The first-order valence-electron chi connectivity index (χ1n) is 10.2. The average Bonchev–Trinajstić information content (AvgIpc) is 3.02. The summed E-state index contributed by atoms with van der Waals surface area (Å²) in [6.45, 7) is 4.38. The number of ether oxygens (including phenoxy) is 1. The van der Waals surface area contributed by atoms with Crippen LogP contribution >= 0.6 is 0 Å². The number of hydrogen-bond acceptors (Lipinski definition) is 5. The molecular weight excluding hydrogens is 377 g/mol. The fourth-order valence-electron chi connectivity index (χ4n) is 4.47. The molecular formula is C21H26FN3O4. The van der Waals surface area contributed by atoms with Gasteiger partial charge in [0.2, 0.25) is 11.8 Å². The molecule has 2 fully saturated rings. The maximum atomic E-state index is 13.8. The summed E-state index contributed by atoms with van der Waals surface area (Å²) in [5.41, 5.74) is 1.36. The first kappa shape index (κ1) is 19.8. The SMILES string of the molecule is CCN1CCC(F)CC1COc1ccc2c(c1)CN(C1CCC(=O)NC1=O)C2=O. The van der Waals surface area contributed by atoms with Gasteiger partial charge in [-0.2, -0.15) is 0 Å². The van der Waals surface area contributed by atoms with E-state index in [0.29, 0.717) is 43.7 Å². The molecule has 0 saturated carbocycles. The van der Waals surface area contributed by atoms with Gasteiger partial charge in [-0.25, -0.2) is 4.39 Å². The Morgan fingerprint density at radius 3 is 2.83 bits per heavy atom. The number of piperidine rings is 2. The lowest BCUT2D eigenvalue weighted by atomic mass is 10.0. The van der Waals surface area contributed by atoms with E-state index in [1.165, 1.54) is 4.90 Å². The predicted molar refractivity (Wildman–Crippen MR) is 103 cm³/mol. The Balaban J connectivity index is 1.42. The van der Waals surface area contributed by atoms with Crippen LogP contribution in [0.4, 0.5) is 4.39 Å². The van der Waals surface area contributed by atoms with Crippen LogP contribution in [0.15, 0.2) is 18.2 Å². The summed E-state index contributed by atoms with van der Waals surface area (Å²) in [5, 5.41) is 2.30. The van der Waals surface area contributed by atoms with Crippen LogP contribution in [0, 0.1) is 0 Å². The molecule has 7 nitrogen and oxygen atoms in total. The molecule has 2 saturated heterocycles. The summed E-state index contributed by atoms with van der Waals surface area (Å²) in [6.07, 6.45) is 0.830. The summed E-state index contributed by atoms with van der Waals surface area (Å²) in [5.74, 6) is -0.286. The van der Waals surface area contributed by atoms with Crippen molar-refractivity contribution < 1.29 is 23.5 Å². The fourth-order valence-corrected chi connectivity index (χ4v) is 4.47. The number of benzene rings is 1. The lowest BCUT2D eigenvalue weighted by Crippen LogP contribution is -2.52. The lowest BCUT2D eigenvalue weighted by molar-refractivity contribution is -0.136. The number of nitrogens with zero attached hydrogens (tertiary/aromatic N) is 2. The summed E-state index contributed by atoms with van der Waals surface area (Å²) in [4.78, 5) is 40.0. The third-order valence-electron chi connectivity index (χ3n) is 6.12. The Hall–Kier alpha value is -2.48. The molecule has 3 heterocycles. The zero-order valence-electron chi connectivity index (χ0n) is 16.5. The Morgan fingerprint density at radius 2 is 2.07 bits per heavy atom. The predicted octanol–water partition coefficient (Wildman–Crippen LogP) is 1.65. The number of carbonyl (C=O) groups excluding carboxylic acids is 3. The van der Waals surface area contributed by atoms with Gasteiger partial charge >= 0.3 is 0 Å². The minimum absolute atomic E-state index is 0.0404. The van der Waals surface area contributed by atoms with Crippen LogP contribution < -0.4 is 10.1 Å². The van der Waals surface area contributed by atoms with Crippen LogP contribution in [0.5, 0.6) is 5.75 Å². The van der Waals surface area contributed by atoms with Gasteiger partial charge < -0.3 is 9.64 Å². The van der Waals surface area contributed by atoms with Gasteiger partial charge in [0.05, 0.1) is 0 Å². The standard InChI is InChI=1S/C21H26FN3O4/c1-2-24-8-7-14(22)10-15(24)12-29-16-3-4-17-13(9-16)11-25(21(17)28)18-5-6-19(26)23-20(18)27/h3-4,9,14-15,18H,2,5-8,10-12H2,1H3,(H,23,26,27). The highest BCUT2D eigenvalue weighted by Crippen LogP contribution is 2.30. The number of rotatable bonds is 5. The quantitative estimate of drug-likeness (QED) is 0.757. The number of nitrogens with one attached hydrogen (secondary N) is 1. The van der Waals surface area contributed by atoms with Crippen molar-refractivity contribution in [2.75, 3.05) is 19.7 Å². The molecule has 0 bridgehead atoms. The molecule has 1 aromatic rings. The van der Waals surface area contributed by atoms with Crippen LogP contribution in [0.25, 0.3) is 0 Å². The number of fused-ring (bicyclic) bond motifs is 1. The molecule has 3 amide bonds. The molecule has 0 aromatic heterocycles. The largest absolute Gasteiger partial charge is 0.492 e. The smallest absolute Gasteiger partial charge is 0.255 e. The second-order valence-electron chi connectivity index (χ2n) is 7.93. The maximum Gasteiger partial charge on any atom is 0.255 e. The minimum atomic E-state index is -0.786. The number of hydrogen-bond donors (Lipinski definition) is 1. The molecule has 3 unspecified atom stereocenters. The van der Waals surface area contributed by atoms with E-state index in [2.05, 4.69) is 17.1 Å². The van der Waals surface area contributed by atoms with E-state index in [0.717, 1.165) is 18.7 Å². The van der Waals surface area contributed by atoms with E-state index in [4.69, 9.17) is 4.74 Å². The van der Waals surface area contributed by atoms with Crippen molar-refractivity contribution in [2.45, 2.75) is 57.4 Å². The van der Waals surface area contributed by atoms with Crippen molar-refractivity contribution in [3.8, 4) is 5.75 Å². The molecule has 0 spiro atoms. The number of halogens is 1. The minimum Gasteiger partial charge on any atom is -0.492 e. The van der Waals surface area contributed by atoms with Crippen molar-refractivity contribution in [2.24, 2.45) is 0 Å². The number of amides is 3. The third kappa shape index (κ3) is 3.99. The molecule has 3 aliphatic heterocycles. The van der Waals surface area contributed by atoms with E-state index in [1.54, 1.807) is 12.1 Å². The second kappa shape index (κ2) is 8.10. The van der Waals surface area contributed by atoms with Crippen LogP contribution in [-0.4, -0.2) is 65.5 Å². The number of likely N-dealkylation sites (tertiary alicyclic amines) is 1. The van der Waals surface area contributed by atoms with Crippen molar-refractivity contribution in [3.05, 3.63) is 29.3 Å². The first-order chi connectivity index (χ1) is 14.0. The lowest BCUT2D eigenvalue weighted by Gasteiger charge is -2.36. The van der Waals surface area contributed by atoms with Crippen LogP contribution in [-0.2, 0) is 16.1 Å². The van der Waals surface area contributed by atoms with Crippen molar-refractivity contribution in [1.82, 2.24) is 15.1 Å². The van der Waals surface area contributed by atoms with Gasteiger partial charge in [-0.15, -0.1) is 0 Å². The normalized spacial score (nSPS) is 27.7. The number of imide groups is 1. The number of likely N-dealkylation sites (N-methyl/N-ethyl adjacent to an activating group) is 1. The molecule has 0 aliphatic carbocycles. The molecule has 29 heavy (non-hydrogen) atoms. The van der Waals surface area contributed by atoms with Gasteiger partial charge in [-0.3, -0.25) is 24.6 Å². The van der Waals surface area contributed by atoms with Crippen LogP contribution in [0.2, 0.25) is 0 Å². The van der Waals surface area contributed by atoms with E-state index in [9.17, 15) is 18.8 Å². The van der Waals surface area contributed by atoms with Crippen molar-refractivity contribution >= 4 is 17.7 Å². The maximum absolute atomic E-state index is 13.8. The number of alkyl halides is 1. The highest BCUT2D eigenvalue weighted by molar-refractivity contribution is 6.05. The van der Waals surface area contributed by atoms with Gasteiger partial charge in [-0.1, -0.05) is 6.92 Å². The first-order valence-corrected chi connectivity index (χ1v) is 10.2. The highest BCUT2D eigenvalue weighted by atomic mass is 19.1. The molecule has 0 radical (unpaired) electrons. The summed E-state index contributed by atoms with van der Waals surface area (Å²) >= 11 is 0. The number of carbonyl (C=O) groups is 3. The summed E-state index contributed by atoms with van der Waals surface area (Å²) in [6, 6.07) is 4.70. The molecule has 1 N–H and O–H groups in total. The van der Waals surface area contributed by atoms with E-state index in [-0.39, 0.29) is 24.3 Å². The van der Waals surface area contributed by atoms with Crippen molar-refractivity contribution in [1.29, 1.82) is 0 Å². The van der Waals surface area contributed by atoms with Gasteiger partial charge in [0.25, 0.3) is 5.91 Å². The van der Waals surface area contributed by atoms with E-state index >= 15 is 0 Å². The Labute approximate surface area is 169 Å². The highest BCUT2D eigenvalue weighted by Gasteiger charge is 2.39. The Kier molecular flexibility index (Phi) is 5.54. The monoisotopic (exact) mass is 403 g/mol. The molecule has 3 aliphatic rings. The van der Waals surface area contributed by atoms with Gasteiger partial charge in [0, 0.05) is 31.1 Å². The molecule has 1 aromatic carbocycles. The van der Waals surface area contributed by atoms with Gasteiger partial charge in [-0.05, 0) is 49.6 Å². The topological polar surface area (TPSA) is 79.0 Å². The van der Waals surface area contributed by atoms with Crippen LogP contribution in [0.3, 0.4) is 0 Å². The summed E-state index contributed by atoms with van der Waals surface area (Å²) in [7, 11) is 0. The van der Waals surface area contributed by atoms with Crippen LogP contribution in [0.1, 0.15) is 48.5 Å². The third-order valence-corrected chi connectivity index (χ3v) is 6.12. The molecule has 156 valence electrons. The molecule has 3 atom stereocenters. The van der Waals surface area contributed by atoms with Crippen molar-refractivity contribution in [3.63, 3.8) is 0 Å². The Bertz CT molecular complexity index is 830. The zero-order chi connectivity index (χ0) is 20.5. The fraction of sp³-hybridized carbons (Fsp3) is 0.571.